The van der Waals surface area contributed by atoms with Crippen molar-refractivity contribution in [1.29, 1.82) is 0 Å². The first kappa shape index (κ1) is 14.1. The van der Waals surface area contributed by atoms with E-state index >= 15 is 0 Å². The number of hydrogen-bond donors (Lipinski definition) is 1. The smallest absolute Gasteiger partial charge is 0.0885 e. The van der Waals surface area contributed by atoms with Crippen LogP contribution >= 0.6 is 11.6 Å². The molecular weight excluding hydrogens is 260 g/mol. The van der Waals surface area contributed by atoms with Crippen molar-refractivity contribution in [3.63, 3.8) is 0 Å². The van der Waals surface area contributed by atoms with E-state index in [1.165, 1.54) is 0 Å². The van der Waals surface area contributed by atoms with Crippen molar-refractivity contribution in [2.75, 3.05) is 19.0 Å². The Balaban J connectivity index is 2.63. The summed E-state index contributed by atoms with van der Waals surface area (Å²) in [6.07, 6.45) is 1.06. The van der Waals surface area contributed by atoms with Crippen molar-refractivity contribution < 1.29 is 4.74 Å². The minimum Gasteiger partial charge on any atom is -0.384 e. The summed E-state index contributed by atoms with van der Waals surface area (Å²) in [6.45, 7) is 5.60. The van der Waals surface area contributed by atoms with Gasteiger partial charge in [0.1, 0.15) is 0 Å². The van der Waals surface area contributed by atoms with E-state index < -0.39 is 0 Å². The van der Waals surface area contributed by atoms with Gasteiger partial charge in [-0.2, -0.15) is 0 Å². The number of methoxy groups -OCH3 is 1. The Kier molecular flexibility index (Phi) is 4.61. The second-order valence-corrected chi connectivity index (χ2v) is 5.02. The Morgan fingerprint density at radius 2 is 2.16 bits per heavy atom. The van der Waals surface area contributed by atoms with Crippen LogP contribution in [-0.4, -0.2) is 18.6 Å². The lowest BCUT2D eigenvalue weighted by Gasteiger charge is -2.13. The number of aryl methyl sites for hydroxylation is 1. The number of benzene rings is 1. The van der Waals surface area contributed by atoms with Gasteiger partial charge in [-0.15, -0.1) is 0 Å². The summed E-state index contributed by atoms with van der Waals surface area (Å²) in [5.74, 6) is 0. The zero-order chi connectivity index (χ0) is 13.8. The van der Waals surface area contributed by atoms with Crippen LogP contribution in [0.15, 0.2) is 18.2 Å². The van der Waals surface area contributed by atoms with Crippen molar-refractivity contribution in [2.45, 2.75) is 26.9 Å². The van der Waals surface area contributed by atoms with Gasteiger partial charge in [0.05, 0.1) is 22.8 Å². The van der Waals surface area contributed by atoms with Gasteiger partial charge in [-0.1, -0.05) is 24.6 Å². The van der Waals surface area contributed by atoms with Gasteiger partial charge in [-0.3, -0.25) is 0 Å². The van der Waals surface area contributed by atoms with Crippen molar-refractivity contribution in [2.24, 2.45) is 0 Å². The molecule has 1 aromatic heterocycles. The number of nitrogens with one attached hydrogen (secondary N) is 1. The van der Waals surface area contributed by atoms with Crippen LogP contribution < -0.4 is 5.32 Å². The second kappa shape index (κ2) is 6.22. The highest BCUT2D eigenvalue weighted by atomic mass is 35.5. The summed E-state index contributed by atoms with van der Waals surface area (Å²) in [5, 5.41) is 5.15. The molecule has 0 fully saturated rings. The Morgan fingerprint density at radius 3 is 2.84 bits per heavy atom. The molecule has 2 aromatic rings. The van der Waals surface area contributed by atoms with Crippen molar-refractivity contribution >= 4 is 28.2 Å². The zero-order valence-corrected chi connectivity index (χ0v) is 12.3. The van der Waals surface area contributed by atoms with E-state index in [1.54, 1.807) is 7.11 Å². The number of rotatable bonds is 5. The minimum absolute atomic E-state index is 0.503. The summed E-state index contributed by atoms with van der Waals surface area (Å²) in [5.41, 5.74) is 4.02. The van der Waals surface area contributed by atoms with Crippen LogP contribution in [0.3, 0.4) is 0 Å². The fourth-order valence-corrected chi connectivity index (χ4v) is 2.36. The monoisotopic (exact) mass is 278 g/mol. The fourth-order valence-electron chi connectivity index (χ4n) is 2.11. The average molecular weight is 279 g/mol. The van der Waals surface area contributed by atoms with Gasteiger partial charge < -0.3 is 10.1 Å². The number of hydrogen-bond acceptors (Lipinski definition) is 3. The molecule has 0 saturated heterocycles. The molecule has 0 bridgehead atoms. The molecule has 0 aliphatic rings. The second-order valence-electron chi connectivity index (χ2n) is 4.61. The summed E-state index contributed by atoms with van der Waals surface area (Å²) < 4.78 is 5.18. The number of ether oxygens (including phenoxy) is 1. The van der Waals surface area contributed by atoms with E-state index in [9.17, 15) is 0 Å². The molecule has 1 heterocycles. The van der Waals surface area contributed by atoms with Crippen molar-refractivity contribution in [3.05, 3.63) is 34.5 Å². The van der Waals surface area contributed by atoms with Crippen LogP contribution in [-0.2, 0) is 11.3 Å². The van der Waals surface area contributed by atoms with E-state index in [4.69, 9.17) is 16.3 Å². The molecular formula is C15H19ClN2O. The Morgan fingerprint density at radius 1 is 1.37 bits per heavy atom. The van der Waals surface area contributed by atoms with E-state index in [0.29, 0.717) is 6.61 Å². The number of pyridine rings is 1. The average Bonchev–Trinajstić information content (AvgIpc) is 2.40. The van der Waals surface area contributed by atoms with Gasteiger partial charge in [0, 0.05) is 24.7 Å². The highest BCUT2D eigenvalue weighted by Gasteiger charge is 2.11. The Bertz CT molecular complexity index is 584. The van der Waals surface area contributed by atoms with Crippen LogP contribution in [0, 0.1) is 6.92 Å². The predicted octanol–water partition coefficient (Wildman–Crippen LogP) is 4.16. The minimum atomic E-state index is 0.503. The molecule has 0 unspecified atom stereocenters. The largest absolute Gasteiger partial charge is 0.384 e. The molecule has 1 aromatic carbocycles. The predicted molar refractivity (Wildman–Crippen MR) is 81.0 cm³/mol. The SMILES string of the molecule is CCCNc1cc(COC)nc2c(C)ccc(Cl)c12. The number of nitrogens with zero attached hydrogens (tertiary/aromatic N) is 1. The highest BCUT2D eigenvalue weighted by molar-refractivity contribution is 6.36. The molecule has 4 heteroatoms. The first-order valence-corrected chi connectivity index (χ1v) is 6.86. The van der Waals surface area contributed by atoms with Gasteiger partial charge in [0.15, 0.2) is 0 Å². The lowest BCUT2D eigenvalue weighted by Crippen LogP contribution is -2.04. The third kappa shape index (κ3) is 2.99. The lowest BCUT2D eigenvalue weighted by atomic mass is 10.1. The molecule has 0 saturated carbocycles. The molecule has 2 rings (SSSR count). The third-order valence-corrected chi connectivity index (χ3v) is 3.34. The maximum absolute atomic E-state index is 6.33. The van der Waals surface area contributed by atoms with Crippen LogP contribution in [0.25, 0.3) is 10.9 Å². The van der Waals surface area contributed by atoms with Crippen molar-refractivity contribution in [3.8, 4) is 0 Å². The number of fused-ring (bicyclic) bond motifs is 1. The molecule has 1 N–H and O–H groups in total. The van der Waals surface area contributed by atoms with E-state index in [2.05, 4.69) is 17.2 Å². The summed E-state index contributed by atoms with van der Waals surface area (Å²) in [6, 6.07) is 5.94. The van der Waals surface area contributed by atoms with Crippen LogP contribution in [0.1, 0.15) is 24.6 Å². The molecule has 0 aliphatic carbocycles. The van der Waals surface area contributed by atoms with Crippen molar-refractivity contribution in [1.82, 2.24) is 4.98 Å². The number of anilines is 1. The normalized spacial score (nSPS) is 10.9. The molecule has 0 atom stereocenters. The molecule has 19 heavy (non-hydrogen) atoms. The quantitative estimate of drug-likeness (QED) is 0.891. The van der Waals surface area contributed by atoms with E-state index in [0.717, 1.165) is 45.8 Å². The molecule has 102 valence electrons. The van der Waals surface area contributed by atoms with Crippen LogP contribution in [0.2, 0.25) is 5.02 Å². The first-order valence-electron chi connectivity index (χ1n) is 6.49. The molecule has 3 nitrogen and oxygen atoms in total. The van der Waals surface area contributed by atoms with Gasteiger partial charge in [-0.25, -0.2) is 4.98 Å². The fraction of sp³-hybridized carbons (Fsp3) is 0.400. The van der Waals surface area contributed by atoms with Crippen LogP contribution in [0.5, 0.6) is 0 Å². The summed E-state index contributed by atoms with van der Waals surface area (Å²) >= 11 is 6.33. The summed E-state index contributed by atoms with van der Waals surface area (Å²) in [7, 11) is 1.68. The molecule has 0 amide bonds. The van der Waals surface area contributed by atoms with Gasteiger partial charge in [0.2, 0.25) is 0 Å². The zero-order valence-electron chi connectivity index (χ0n) is 11.6. The lowest BCUT2D eigenvalue weighted by molar-refractivity contribution is 0.182. The highest BCUT2D eigenvalue weighted by Crippen LogP contribution is 2.32. The van der Waals surface area contributed by atoms with Gasteiger partial charge in [-0.05, 0) is 31.0 Å². The third-order valence-electron chi connectivity index (χ3n) is 3.02. The maximum Gasteiger partial charge on any atom is 0.0885 e. The Labute approximate surface area is 118 Å². The summed E-state index contributed by atoms with van der Waals surface area (Å²) in [4.78, 5) is 4.64. The standard InChI is InChI=1S/C15H19ClN2O/c1-4-7-17-13-8-11(9-19-3)18-15-10(2)5-6-12(16)14(13)15/h5-6,8H,4,7,9H2,1-3H3,(H,17,18). The Hall–Kier alpha value is -1.32. The molecule has 0 radical (unpaired) electrons. The first-order chi connectivity index (χ1) is 9.17. The topological polar surface area (TPSA) is 34.1 Å². The van der Waals surface area contributed by atoms with E-state index in [1.807, 2.05) is 25.1 Å². The van der Waals surface area contributed by atoms with Gasteiger partial charge >= 0.3 is 0 Å². The number of halogens is 1. The van der Waals surface area contributed by atoms with Gasteiger partial charge in [0.25, 0.3) is 0 Å². The number of aromatic nitrogens is 1. The molecule has 0 aliphatic heterocycles. The molecule has 0 spiro atoms. The maximum atomic E-state index is 6.33. The van der Waals surface area contributed by atoms with Crippen LogP contribution in [0.4, 0.5) is 5.69 Å². The van der Waals surface area contributed by atoms with E-state index in [-0.39, 0.29) is 0 Å².